The molecular weight excluding hydrogens is 328 g/mol. The van der Waals surface area contributed by atoms with E-state index in [1.165, 1.54) is 0 Å². The van der Waals surface area contributed by atoms with Crippen molar-refractivity contribution in [1.29, 1.82) is 0 Å². The van der Waals surface area contributed by atoms with Gasteiger partial charge in [0.05, 0.1) is 6.61 Å². The number of amides is 2. The van der Waals surface area contributed by atoms with Crippen LogP contribution in [0.4, 0.5) is 11.4 Å². The Balaban J connectivity index is 2.08. The van der Waals surface area contributed by atoms with Crippen molar-refractivity contribution in [3.05, 3.63) is 53.6 Å². The molecule has 0 atom stereocenters. The lowest BCUT2D eigenvalue weighted by atomic mass is 9.90. The Labute approximate surface area is 154 Å². The van der Waals surface area contributed by atoms with E-state index in [1.807, 2.05) is 39.0 Å². The molecule has 0 saturated heterocycles. The number of anilines is 2. The minimum Gasteiger partial charge on any atom is -0.494 e. The van der Waals surface area contributed by atoms with E-state index in [2.05, 4.69) is 10.6 Å². The number of rotatable bonds is 6. The van der Waals surface area contributed by atoms with Gasteiger partial charge in [-0.25, -0.2) is 0 Å². The highest BCUT2D eigenvalue weighted by Gasteiger charge is 2.36. The van der Waals surface area contributed by atoms with E-state index in [9.17, 15) is 9.59 Å². The summed E-state index contributed by atoms with van der Waals surface area (Å²) in [6.45, 7) is 9.63. The molecule has 0 aliphatic rings. The van der Waals surface area contributed by atoms with Crippen molar-refractivity contribution in [2.45, 2.75) is 34.6 Å². The van der Waals surface area contributed by atoms with E-state index in [4.69, 9.17) is 4.74 Å². The van der Waals surface area contributed by atoms with Gasteiger partial charge in [0.15, 0.2) is 0 Å². The number of benzene rings is 2. The molecule has 0 fully saturated rings. The molecule has 0 aliphatic carbocycles. The Morgan fingerprint density at radius 1 is 0.962 bits per heavy atom. The van der Waals surface area contributed by atoms with Crippen molar-refractivity contribution in [1.82, 2.24) is 0 Å². The number of ether oxygens (including phenoxy) is 1. The first-order chi connectivity index (χ1) is 12.3. The van der Waals surface area contributed by atoms with Gasteiger partial charge in [-0.1, -0.05) is 12.1 Å². The zero-order valence-corrected chi connectivity index (χ0v) is 16.0. The molecular formula is C21H26N2O3. The molecule has 0 aromatic heterocycles. The molecule has 0 saturated carbocycles. The summed E-state index contributed by atoms with van der Waals surface area (Å²) in [5, 5.41) is 5.65. The first-order valence-corrected chi connectivity index (χ1v) is 8.67. The second-order valence-corrected chi connectivity index (χ2v) is 6.74. The Morgan fingerprint density at radius 3 is 2.19 bits per heavy atom. The predicted molar refractivity (Wildman–Crippen MR) is 105 cm³/mol. The van der Waals surface area contributed by atoms with Gasteiger partial charge in [-0.15, -0.1) is 0 Å². The Morgan fingerprint density at radius 2 is 1.58 bits per heavy atom. The van der Waals surface area contributed by atoms with E-state index < -0.39 is 5.41 Å². The first-order valence-electron chi connectivity index (χ1n) is 8.67. The summed E-state index contributed by atoms with van der Waals surface area (Å²) in [5.74, 6) is 0.0107. The lowest BCUT2D eigenvalue weighted by Crippen LogP contribution is -2.41. The molecule has 0 spiro atoms. The van der Waals surface area contributed by atoms with Crippen molar-refractivity contribution >= 4 is 23.2 Å². The first kappa shape index (κ1) is 19.5. The molecule has 2 aromatic carbocycles. The Hall–Kier alpha value is -2.82. The van der Waals surface area contributed by atoms with Gasteiger partial charge in [-0.2, -0.15) is 0 Å². The second kappa shape index (κ2) is 8.04. The maximum atomic E-state index is 12.7. The lowest BCUT2D eigenvalue weighted by molar-refractivity contribution is -0.135. The van der Waals surface area contributed by atoms with Crippen molar-refractivity contribution < 1.29 is 14.3 Å². The predicted octanol–water partition coefficient (Wildman–Crippen LogP) is 4.31. The van der Waals surface area contributed by atoms with Crippen LogP contribution < -0.4 is 15.4 Å². The average molecular weight is 354 g/mol. The van der Waals surface area contributed by atoms with Gasteiger partial charge in [-0.3, -0.25) is 9.59 Å². The maximum Gasteiger partial charge on any atom is 0.239 e. The normalized spacial score (nSPS) is 11.0. The van der Waals surface area contributed by atoms with Gasteiger partial charge >= 0.3 is 0 Å². The van der Waals surface area contributed by atoms with Crippen molar-refractivity contribution in [2.24, 2.45) is 5.41 Å². The SMILES string of the molecule is CCOc1ccc(NC(=O)C(C)(C)C(=O)Nc2cccc(C)c2C)cc1. The molecule has 0 aliphatic heterocycles. The molecule has 5 nitrogen and oxygen atoms in total. The van der Waals surface area contributed by atoms with Gasteiger partial charge in [0.25, 0.3) is 0 Å². The van der Waals surface area contributed by atoms with Crippen molar-refractivity contribution in [3.8, 4) is 5.75 Å². The van der Waals surface area contributed by atoms with Crippen LogP contribution in [0.15, 0.2) is 42.5 Å². The molecule has 138 valence electrons. The zero-order chi connectivity index (χ0) is 19.3. The van der Waals surface area contributed by atoms with E-state index in [1.54, 1.807) is 38.1 Å². The largest absolute Gasteiger partial charge is 0.494 e. The van der Waals surface area contributed by atoms with E-state index in [0.717, 1.165) is 22.6 Å². The number of hydrogen-bond donors (Lipinski definition) is 2. The summed E-state index contributed by atoms with van der Waals surface area (Å²) in [6, 6.07) is 12.8. The number of carbonyl (C=O) groups is 2. The average Bonchev–Trinajstić information content (AvgIpc) is 2.60. The minimum atomic E-state index is -1.23. The fourth-order valence-corrected chi connectivity index (χ4v) is 2.36. The smallest absolute Gasteiger partial charge is 0.239 e. The van der Waals surface area contributed by atoms with Gasteiger partial charge < -0.3 is 15.4 Å². The summed E-state index contributed by atoms with van der Waals surface area (Å²) in [7, 11) is 0. The summed E-state index contributed by atoms with van der Waals surface area (Å²) >= 11 is 0. The van der Waals surface area contributed by atoms with Crippen LogP contribution in [-0.4, -0.2) is 18.4 Å². The zero-order valence-electron chi connectivity index (χ0n) is 16.0. The minimum absolute atomic E-state index is 0.352. The molecule has 2 rings (SSSR count). The summed E-state index contributed by atoms with van der Waals surface area (Å²) < 4.78 is 5.38. The highest BCUT2D eigenvalue weighted by molar-refractivity contribution is 6.14. The van der Waals surface area contributed by atoms with Crippen LogP contribution in [0.5, 0.6) is 5.75 Å². The van der Waals surface area contributed by atoms with Crippen molar-refractivity contribution in [2.75, 3.05) is 17.2 Å². The van der Waals surface area contributed by atoms with Gasteiger partial charge in [0, 0.05) is 11.4 Å². The topological polar surface area (TPSA) is 67.4 Å². The van der Waals surface area contributed by atoms with Crippen LogP contribution in [0, 0.1) is 19.3 Å². The molecule has 0 unspecified atom stereocenters. The van der Waals surface area contributed by atoms with Gasteiger partial charge in [-0.05, 0) is 76.1 Å². The molecule has 0 heterocycles. The summed E-state index contributed by atoms with van der Waals surface area (Å²) in [6.07, 6.45) is 0. The molecule has 0 bridgehead atoms. The lowest BCUT2D eigenvalue weighted by Gasteiger charge is -2.23. The van der Waals surface area contributed by atoms with Gasteiger partial charge in [0.2, 0.25) is 11.8 Å². The second-order valence-electron chi connectivity index (χ2n) is 6.74. The fourth-order valence-electron chi connectivity index (χ4n) is 2.36. The third kappa shape index (κ3) is 4.42. The summed E-state index contributed by atoms with van der Waals surface area (Å²) in [5.41, 5.74) is 2.18. The fraction of sp³-hybridized carbons (Fsp3) is 0.333. The van der Waals surface area contributed by atoms with Crippen molar-refractivity contribution in [3.63, 3.8) is 0 Å². The molecule has 2 amide bonds. The number of nitrogens with one attached hydrogen (secondary N) is 2. The molecule has 2 N–H and O–H groups in total. The van der Waals surface area contributed by atoms with E-state index in [0.29, 0.717) is 12.3 Å². The van der Waals surface area contributed by atoms with Crippen LogP contribution in [0.3, 0.4) is 0 Å². The maximum absolute atomic E-state index is 12.7. The number of aryl methyl sites for hydroxylation is 1. The molecule has 0 radical (unpaired) electrons. The monoisotopic (exact) mass is 354 g/mol. The number of hydrogen-bond acceptors (Lipinski definition) is 3. The molecule has 5 heteroatoms. The van der Waals surface area contributed by atoms with Crippen LogP contribution >= 0.6 is 0 Å². The van der Waals surface area contributed by atoms with Crippen LogP contribution in [-0.2, 0) is 9.59 Å². The quantitative estimate of drug-likeness (QED) is 0.760. The molecule has 26 heavy (non-hydrogen) atoms. The highest BCUT2D eigenvalue weighted by Crippen LogP contribution is 2.25. The van der Waals surface area contributed by atoms with Crippen LogP contribution in [0.2, 0.25) is 0 Å². The molecule has 2 aromatic rings. The van der Waals surface area contributed by atoms with E-state index in [-0.39, 0.29) is 11.8 Å². The Bertz CT molecular complexity index is 795. The summed E-state index contributed by atoms with van der Waals surface area (Å²) in [4.78, 5) is 25.3. The highest BCUT2D eigenvalue weighted by atomic mass is 16.5. The van der Waals surface area contributed by atoms with E-state index >= 15 is 0 Å². The van der Waals surface area contributed by atoms with Gasteiger partial charge in [0.1, 0.15) is 11.2 Å². The third-order valence-corrected chi connectivity index (χ3v) is 4.41. The third-order valence-electron chi connectivity index (χ3n) is 4.41. The van der Waals surface area contributed by atoms with Crippen LogP contribution in [0.1, 0.15) is 31.9 Å². The Kier molecular flexibility index (Phi) is 6.03. The van der Waals surface area contributed by atoms with Crippen LogP contribution in [0.25, 0.3) is 0 Å². The number of carbonyl (C=O) groups excluding carboxylic acids is 2. The standard InChI is InChI=1S/C21H26N2O3/c1-6-26-17-12-10-16(11-13-17)22-19(24)21(4,5)20(25)23-18-9-7-8-14(2)15(18)3/h7-13H,6H2,1-5H3,(H,22,24)(H,23,25).